The molecule has 6 nitrogen and oxygen atoms in total. The van der Waals surface area contributed by atoms with Crippen molar-refractivity contribution in [2.24, 2.45) is 5.92 Å². The van der Waals surface area contributed by atoms with Crippen molar-refractivity contribution in [3.8, 4) is 23.3 Å². The molecule has 2 aromatic rings. The molecule has 2 bridgehead atoms. The quantitative estimate of drug-likeness (QED) is 0.636. The van der Waals surface area contributed by atoms with Crippen LogP contribution in [0.3, 0.4) is 0 Å². The SMILES string of the molecule is COc1ccc2c3c1OC1C(N(C)C(=O)C#Cc4cccc(C)c4)CCC4(O)[C@@H](C2)N(CC2CC2)CC[C@]314. The molecule has 2 aliphatic heterocycles. The van der Waals surface area contributed by atoms with Crippen LogP contribution in [-0.4, -0.2) is 71.8 Å². The number of hydrogen-bond acceptors (Lipinski definition) is 5. The molecule has 1 N–H and O–H groups in total. The van der Waals surface area contributed by atoms with Crippen molar-refractivity contribution >= 4 is 5.91 Å². The maximum absolute atomic E-state index is 13.4. The summed E-state index contributed by atoms with van der Waals surface area (Å²) < 4.78 is 12.6. The zero-order chi connectivity index (χ0) is 26.2. The van der Waals surface area contributed by atoms with E-state index in [1.165, 1.54) is 18.4 Å². The van der Waals surface area contributed by atoms with Crippen LogP contribution in [0, 0.1) is 24.7 Å². The summed E-state index contributed by atoms with van der Waals surface area (Å²) in [5.74, 6) is 7.94. The number of benzene rings is 2. The van der Waals surface area contributed by atoms with Crippen molar-refractivity contribution in [1.29, 1.82) is 0 Å². The van der Waals surface area contributed by atoms with Crippen molar-refractivity contribution in [2.75, 3.05) is 27.2 Å². The number of likely N-dealkylation sites (tertiary alicyclic amines) is 1. The van der Waals surface area contributed by atoms with Gasteiger partial charge < -0.3 is 19.5 Å². The van der Waals surface area contributed by atoms with E-state index in [0.717, 1.165) is 54.3 Å². The highest BCUT2D eigenvalue weighted by Crippen LogP contribution is 2.66. The monoisotopic (exact) mass is 512 g/mol. The average Bonchev–Trinajstić information content (AvgIpc) is 3.66. The Morgan fingerprint density at radius 3 is 2.84 bits per heavy atom. The topological polar surface area (TPSA) is 62.2 Å². The zero-order valence-corrected chi connectivity index (χ0v) is 22.5. The average molecular weight is 513 g/mol. The Labute approximate surface area is 224 Å². The molecule has 2 saturated carbocycles. The summed E-state index contributed by atoms with van der Waals surface area (Å²) in [5.41, 5.74) is 2.88. The van der Waals surface area contributed by atoms with Gasteiger partial charge in [0.1, 0.15) is 6.10 Å². The number of aliphatic hydroxyl groups is 1. The molecule has 1 spiro atoms. The predicted octanol–water partition coefficient (Wildman–Crippen LogP) is 3.45. The molecular formula is C32H36N2O4. The summed E-state index contributed by atoms with van der Waals surface area (Å²) in [6.07, 6.45) is 5.22. The fraction of sp³-hybridized carbons (Fsp3) is 0.531. The molecule has 3 aliphatic carbocycles. The molecule has 0 radical (unpaired) electrons. The lowest BCUT2D eigenvalue weighted by atomic mass is 9.48. The zero-order valence-electron chi connectivity index (χ0n) is 22.5. The number of aryl methyl sites for hydroxylation is 1. The minimum atomic E-state index is -0.900. The summed E-state index contributed by atoms with van der Waals surface area (Å²) in [6.45, 7) is 4.03. The van der Waals surface area contributed by atoms with Gasteiger partial charge in [-0.1, -0.05) is 24.1 Å². The summed E-state index contributed by atoms with van der Waals surface area (Å²) in [7, 11) is 3.51. The number of ether oxygens (including phenoxy) is 2. The molecule has 3 fully saturated rings. The fourth-order valence-electron chi connectivity index (χ4n) is 8.09. The summed E-state index contributed by atoms with van der Waals surface area (Å²) >= 11 is 0. The minimum absolute atomic E-state index is 0.0675. The van der Waals surface area contributed by atoms with Crippen LogP contribution in [-0.2, 0) is 16.6 Å². The maximum atomic E-state index is 13.4. The van der Waals surface area contributed by atoms with Crippen molar-refractivity contribution in [3.05, 3.63) is 58.7 Å². The van der Waals surface area contributed by atoms with Gasteiger partial charge >= 0.3 is 0 Å². The number of carbonyl (C=O) groups excluding carboxylic acids is 1. The summed E-state index contributed by atoms with van der Waals surface area (Å²) in [6, 6.07) is 11.9. The van der Waals surface area contributed by atoms with Crippen LogP contribution >= 0.6 is 0 Å². The number of piperidine rings is 1. The lowest BCUT2D eigenvalue weighted by molar-refractivity contribution is -0.199. The van der Waals surface area contributed by atoms with Gasteiger partial charge in [-0.2, -0.15) is 0 Å². The van der Waals surface area contributed by atoms with Crippen LogP contribution in [0.1, 0.15) is 54.4 Å². The first-order chi connectivity index (χ1) is 18.4. The Hall–Kier alpha value is -3.01. The summed E-state index contributed by atoms with van der Waals surface area (Å²) in [4.78, 5) is 17.7. The minimum Gasteiger partial charge on any atom is -0.493 e. The highest BCUT2D eigenvalue weighted by atomic mass is 16.5. The number of amides is 1. The smallest absolute Gasteiger partial charge is 0.298 e. The Morgan fingerprint density at radius 1 is 1.24 bits per heavy atom. The van der Waals surface area contributed by atoms with Gasteiger partial charge in [-0.25, -0.2) is 0 Å². The molecular weight excluding hydrogens is 476 g/mol. The molecule has 2 aromatic carbocycles. The van der Waals surface area contributed by atoms with Crippen molar-refractivity contribution in [2.45, 2.75) is 74.7 Å². The molecule has 5 aliphatic rings. The molecule has 38 heavy (non-hydrogen) atoms. The van der Waals surface area contributed by atoms with E-state index >= 15 is 0 Å². The van der Waals surface area contributed by atoms with Gasteiger partial charge in [0.05, 0.1) is 24.2 Å². The maximum Gasteiger partial charge on any atom is 0.298 e. The molecule has 198 valence electrons. The Balaban J connectivity index is 1.27. The van der Waals surface area contributed by atoms with E-state index in [4.69, 9.17) is 9.47 Å². The molecule has 5 atom stereocenters. The lowest BCUT2D eigenvalue weighted by Crippen LogP contribution is -2.78. The first-order valence-corrected chi connectivity index (χ1v) is 14.0. The second-order valence-corrected chi connectivity index (χ2v) is 12.1. The van der Waals surface area contributed by atoms with Crippen molar-refractivity contribution in [1.82, 2.24) is 9.80 Å². The molecule has 1 saturated heterocycles. The van der Waals surface area contributed by atoms with E-state index < -0.39 is 11.0 Å². The number of nitrogens with zero attached hydrogens (tertiary/aromatic N) is 2. The van der Waals surface area contributed by atoms with E-state index in [-0.39, 0.29) is 24.1 Å². The first kappa shape index (κ1) is 24.1. The van der Waals surface area contributed by atoms with E-state index in [0.29, 0.717) is 18.6 Å². The highest BCUT2D eigenvalue weighted by Gasteiger charge is 2.73. The Kier molecular flexibility index (Phi) is 5.38. The van der Waals surface area contributed by atoms with Gasteiger partial charge in [-0.15, -0.1) is 0 Å². The van der Waals surface area contributed by atoms with Gasteiger partial charge in [0.2, 0.25) is 0 Å². The number of carbonyl (C=O) groups is 1. The second-order valence-electron chi connectivity index (χ2n) is 12.1. The Bertz CT molecular complexity index is 1370. The first-order valence-electron chi connectivity index (χ1n) is 14.0. The lowest BCUT2D eigenvalue weighted by Gasteiger charge is -2.64. The van der Waals surface area contributed by atoms with Crippen molar-refractivity contribution < 1.29 is 19.4 Å². The van der Waals surface area contributed by atoms with Gasteiger partial charge in [0.25, 0.3) is 5.91 Å². The van der Waals surface area contributed by atoms with Crippen LogP contribution in [0.2, 0.25) is 0 Å². The molecule has 0 aromatic heterocycles. The van der Waals surface area contributed by atoms with E-state index in [2.05, 4.69) is 22.8 Å². The van der Waals surface area contributed by atoms with E-state index in [9.17, 15) is 9.90 Å². The summed E-state index contributed by atoms with van der Waals surface area (Å²) in [5, 5.41) is 12.7. The van der Waals surface area contributed by atoms with Gasteiger partial charge in [0, 0.05) is 36.7 Å². The van der Waals surface area contributed by atoms with Crippen LogP contribution in [0.5, 0.6) is 11.5 Å². The van der Waals surface area contributed by atoms with Gasteiger partial charge in [-0.3, -0.25) is 9.69 Å². The predicted molar refractivity (Wildman–Crippen MR) is 144 cm³/mol. The highest BCUT2D eigenvalue weighted by molar-refractivity contribution is 5.94. The molecule has 2 heterocycles. The Morgan fingerprint density at radius 2 is 2.08 bits per heavy atom. The fourth-order valence-corrected chi connectivity index (χ4v) is 8.09. The number of likely N-dealkylation sites (N-methyl/N-ethyl adjacent to an activating group) is 1. The third-order valence-electron chi connectivity index (χ3n) is 10.1. The number of hydrogen-bond donors (Lipinski definition) is 1. The van der Waals surface area contributed by atoms with Gasteiger partial charge in [-0.05, 0) is 87.2 Å². The molecule has 6 heteroatoms. The standard InChI is InChI=1S/C32H36N2O4/c1-20-5-4-6-21(17-20)9-12-27(35)33(2)24-13-14-32(36)26-18-23-10-11-25(37-3)29-28(23)31(32,30(24)38-29)15-16-34(26)19-22-7-8-22/h4-6,10-11,17,22,24,26,30,36H,7-8,13-16,18-19H2,1-3H3/t24?,26-,30?,31+,32?/m1/s1. The largest absolute Gasteiger partial charge is 0.493 e. The van der Waals surface area contributed by atoms with Gasteiger partial charge in [0.15, 0.2) is 11.5 Å². The third-order valence-corrected chi connectivity index (χ3v) is 10.1. The number of rotatable bonds is 4. The van der Waals surface area contributed by atoms with Crippen LogP contribution in [0.25, 0.3) is 0 Å². The van der Waals surface area contributed by atoms with E-state index in [1.807, 2.05) is 44.3 Å². The normalized spacial score (nSPS) is 32.5. The van der Waals surface area contributed by atoms with Crippen LogP contribution < -0.4 is 9.47 Å². The molecule has 7 rings (SSSR count). The van der Waals surface area contributed by atoms with Crippen LogP contribution in [0.4, 0.5) is 0 Å². The van der Waals surface area contributed by atoms with Crippen molar-refractivity contribution in [3.63, 3.8) is 0 Å². The molecule has 3 unspecified atom stereocenters. The van der Waals surface area contributed by atoms with Crippen LogP contribution in [0.15, 0.2) is 36.4 Å². The second kappa shape index (κ2) is 8.49. The number of methoxy groups -OCH3 is 1. The third kappa shape index (κ3) is 3.31. The molecule has 1 amide bonds. The van der Waals surface area contributed by atoms with E-state index in [1.54, 1.807) is 12.0 Å².